The highest BCUT2D eigenvalue weighted by Gasteiger charge is 2.28. The van der Waals surface area contributed by atoms with Gasteiger partial charge in [0.1, 0.15) is 6.61 Å². The Labute approximate surface area is 174 Å². The van der Waals surface area contributed by atoms with Gasteiger partial charge in [-0.15, -0.1) is 0 Å². The van der Waals surface area contributed by atoms with Gasteiger partial charge in [-0.05, 0) is 67.6 Å². The van der Waals surface area contributed by atoms with Crippen LogP contribution in [0.4, 0.5) is 8.78 Å². The van der Waals surface area contributed by atoms with Gasteiger partial charge in [0.05, 0.1) is 7.11 Å². The van der Waals surface area contributed by atoms with Gasteiger partial charge in [0, 0.05) is 0 Å². The van der Waals surface area contributed by atoms with Crippen molar-refractivity contribution in [2.24, 2.45) is 17.8 Å². The van der Waals surface area contributed by atoms with Crippen molar-refractivity contribution >= 4 is 0 Å². The summed E-state index contributed by atoms with van der Waals surface area (Å²) in [6, 6.07) is 2.83. The quantitative estimate of drug-likeness (QED) is 0.313. The van der Waals surface area contributed by atoms with Crippen molar-refractivity contribution in [3.8, 4) is 11.5 Å². The van der Waals surface area contributed by atoms with Crippen LogP contribution in [0.2, 0.25) is 0 Å². The predicted molar refractivity (Wildman–Crippen MR) is 113 cm³/mol. The smallest absolute Gasteiger partial charge is 0.204 e. The zero-order chi connectivity index (χ0) is 20.6. The van der Waals surface area contributed by atoms with E-state index < -0.39 is 11.6 Å². The van der Waals surface area contributed by atoms with E-state index in [-0.39, 0.29) is 11.5 Å². The van der Waals surface area contributed by atoms with Crippen molar-refractivity contribution in [3.05, 3.63) is 35.4 Å². The molecule has 0 radical (unpaired) electrons. The second kappa shape index (κ2) is 11.0. The maximum atomic E-state index is 14.0. The third-order valence-corrected chi connectivity index (χ3v) is 6.96. The van der Waals surface area contributed by atoms with Crippen LogP contribution >= 0.6 is 0 Å². The van der Waals surface area contributed by atoms with Crippen LogP contribution in [0.5, 0.6) is 11.5 Å². The Bertz CT molecular complexity index is 678. The minimum atomic E-state index is -0.993. The Kier molecular flexibility index (Phi) is 8.38. The maximum absolute atomic E-state index is 14.0. The highest BCUT2D eigenvalue weighted by molar-refractivity contribution is 5.35. The van der Waals surface area contributed by atoms with Gasteiger partial charge in [-0.1, -0.05) is 51.5 Å². The van der Waals surface area contributed by atoms with Crippen molar-refractivity contribution in [2.45, 2.75) is 77.6 Å². The second-order valence-electron chi connectivity index (χ2n) is 8.86. The normalized spacial score (nSPS) is 24.8. The Balaban J connectivity index is 1.43. The lowest BCUT2D eigenvalue weighted by Crippen LogP contribution is -2.24. The highest BCUT2D eigenvalue weighted by Crippen LogP contribution is 2.41. The zero-order valence-electron chi connectivity index (χ0n) is 18.0. The molecule has 0 aromatic heterocycles. The summed E-state index contributed by atoms with van der Waals surface area (Å²) in [6.45, 7) is 2.61. The number of unbranched alkanes of at least 4 members (excludes halogenated alkanes) is 2. The molecule has 0 heterocycles. The van der Waals surface area contributed by atoms with E-state index in [0.717, 1.165) is 30.6 Å². The van der Waals surface area contributed by atoms with Crippen molar-refractivity contribution in [1.82, 2.24) is 0 Å². The molecule has 1 aromatic rings. The minimum absolute atomic E-state index is 0.0484. The molecular weight excluding hydrogens is 370 g/mol. The van der Waals surface area contributed by atoms with Crippen LogP contribution in [-0.2, 0) is 0 Å². The van der Waals surface area contributed by atoms with Crippen LogP contribution in [0.1, 0.15) is 77.6 Å². The summed E-state index contributed by atoms with van der Waals surface area (Å²) >= 11 is 0. The van der Waals surface area contributed by atoms with E-state index >= 15 is 0 Å². The van der Waals surface area contributed by atoms with Crippen molar-refractivity contribution < 1.29 is 18.3 Å². The largest absolute Gasteiger partial charge is 0.494 e. The molecule has 2 aliphatic rings. The summed E-state index contributed by atoms with van der Waals surface area (Å²) in [4.78, 5) is 0. The first-order chi connectivity index (χ1) is 14.1. The Morgan fingerprint density at radius 1 is 0.931 bits per heavy atom. The lowest BCUT2D eigenvalue weighted by Gasteiger charge is -2.35. The van der Waals surface area contributed by atoms with Crippen LogP contribution in [0.25, 0.3) is 0 Å². The molecule has 1 atom stereocenters. The molecule has 29 heavy (non-hydrogen) atoms. The molecular formula is C25H36F2O2. The number of hydrogen-bond donors (Lipinski definition) is 0. The fraction of sp³-hybridized carbons (Fsp3) is 0.680. The van der Waals surface area contributed by atoms with Crippen molar-refractivity contribution in [3.63, 3.8) is 0 Å². The monoisotopic (exact) mass is 406 g/mol. The molecule has 1 saturated carbocycles. The van der Waals surface area contributed by atoms with Gasteiger partial charge in [-0.25, -0.2) is 0 Å². The van der Waals surface area contributed by atoms with Gasteiger partial charge in [0.25, 0.3) is 0 Å². The summed E-state index contributed by atoms with van der Waals surface area (Å²) in [5, 5.41) is 0. The molecule has 2 aliphatic carbocycles. The average molecular weight is 407 g/mol. The predicted octanol–water partition coefficient (Wildman–Crippen LogP) is 7.47. The number of allylic oxidation sites excluding steroid dienone is 1. The molecule has 0 spiro atoms. The lowest BCUT2D eigenvalue weighted by atomic mass is 9.70. The van der Waals surface area contributed by atoms with Crippen molar-refractivity contribution in [2.75, 3.05) is 13.7 Å². The SMILES string of the molecule is CCCCCC1CCC(C2CC=C(COc3ccc(OC)c(F)c3F)CC2)CC1. The Hall–Kier alpha value is -1.58. The van der Waals surface area contributed by atoms with E-state index in [9.17, 15) is 8.78 Å². The summed E-state index contributed by atoms with van der Waals surface area (Å²) in [6.07, 6.45) is 16.7. The second-order valence-corrected chi connectivity index (χ2v) is 8.86. The molecule has 2 nitrogen and oxygen atoms in total. The third-order valence-electron chi connectivity index (χ3n) is 6.96. The van der Waals surface area contributed by atoms with E-state index in [2.05, 4.69) is 13.0 Å². The molecule has 4 heteroatoms. The van der Waals surface area contributed by atoms with Crippen LogP contribution in [0.15, 0.2) is 23.8 Å². The number of ether oxygens (including phenoxy) is 2. The zero-order valence-corrected chi connectivity index (χ0v) is 18.0. The summed E-state index contributed by atoms with van der Waals surface area (Å²) in [7, 11) is 1.32. The van der Waals surface area contributed by atoms with Gasteiger partial charge in [-0.3, -0.25) is 0 Å². The molecule has 1 unspecified atom stereocenters. The van der Waals surface area contributed by atoms with Gasteiger partial charge in [0.15, 0.2) is 11.5 Å². The van der Waals surface area contributed by atoms with E-state index in [0.29, 0.717) is 6.61 Å². The molecule has 0 aliphatic heterocycles. The maximum Gasteiger partial charge on any atom is 0.204 e. The number of hydrogen-bond acceptors (Lipinski definition) is 2. The van der Waals surface area contributed by atoms with E-state index in [4.69, 9.17) is 9.47 Å². The lowest BCUT2D eigenvalue weighted by molar-refractivity contribution is 0.183. The number of halogens is 2. The summed E-state index contributed by atoms with van der Waals surface area (Å²) in [5.41, 5.74) is 1.20. The first-order valence-electron chi connectivity index (χ1n) is 11.4. The van der Waals surface area contributed by atoms with Crippen LogP contribution in [0.3, 0.4) is 0 Å². The standard InChI is InChI=1S/C25H36F2O2/c1-3-4-5-6-18-7-11-20(12-8-18)21-13-9-19(10-14-21)17-29-23-16-15-22(28-2)24(26)25(23)27/h9,15-16,18,20-21H,3-8,10-14,17H2,1-2H3. The van der Waals surface area contributed by atoms with Crippen LogP contribution in [-0.4, -0.2) is 13.7 Å². The molecule has 1 fully saturated rings. The molecule has 0 saturated heterocycles. The first kappa shape index (κ1) is 22.1. The Morgan fingerprint density at radius 3 is 2.31 bits per heavy atom. The summed E-state index contributed by atoms with van der Waals surface area (Å²) < 4.78 is 38.2. The number of benzene rings is 1. The fourth-order valence-electron chi connectivity index (χ4n) is 5.05. The molecule has 162 valence electrons. The molecule has 0 N–H and O–H groups in total. The van der Waals surface area contributed by atoms with Gasteiger partial charge in [-0.2, -0.15) is 8.78 Å². The number of methoxy groups -OCH3 is 1. The minimum Gasteiger partial charge on any atom is -0.494 e. The average Bonchev–Trinajstić information content (AvgIpc) is 2.76. The highest BCUT2D eigenvalue weighted by atomic mass is 19.2. The molecule has 0 amide bonds. The van der Waals surface area contributed by atoms with Gasteiger partial charge in [0.2, 0.25) is 11.6 Å². The van der Waals surface area contributed by atoms with Gasteiger partial charge < -0.3 is 9.47 Å². The Morgan fingerprint density at radius 2 is 1.66 bits per heavy atom. The van der Waals surface area contributed by atoms with Gasteiger partial charge >= 0.3 is 0 Å². The van der Waals surface area contributed by atoms with Crippen LogP contribution in [0, 0.1) is 29.4 Å². The van der Waals surface area contributed by atoms with Crippen molar-refractivity contribution in [1.29, 1.82) is 0 Å². The first-order valence-corrected chi connectivity index (χ1v) is 11.4. The topological polar surface area (TPSA) is 18.5 Å². The molecule has 1 aromatic carbocycles. The molecule has 3 rings (SSSR count). The molecule has 0 bridgehead atoms. The number of rotatable bonds is 9. The van der Waals surface area contributed by atoms with E-state index in [1.807, 2.05) is 0 Å². The van der Waals surface area contributed by atoms with E-state index in [1.54, 1.807) is 0 Å². The third kappa shape index (κ3) is 5.96. The van der Waals surface area contributed by atoms with Crippen LogP contribution < -0.4 is 9.47 Å². The van der Waals surface area contributed by atoms with E-state index in [1.165, 1.54) is 82.6 Å². The summed E-state index contributed by atoms with van der Waals surface area (Å²) in [5.74, 6) is 0.486. The fourth-order valence-corrected chi connectivity index (χ4v) is 5.05.